The lowest BCUT2D eigenvalue weighted by Gasteiger charge is -2.17. The maximum atomic E-state index is 4.20. The fraction of sp³-hybridized carbons (Fsp3) is 0.471. The summed E-state index contributed by atoms with van der Waals surface area (Å²) in [6.45, 7) is 9.78. The highest BCUT2D eigenvalue weighted by Gasteiger charge is 2.09. The van der Waals surface area contributed by atoms with Gasteiger partial charge >= 0.3 is 0 Å². The van der Waals surface area contributed by atoms with E-state index in [-0.39, 0.29) is 0 Å². The summed E-state index contributed by atoms with van der Waals surface area (Å²) in [5.74, 6) is 1.09. The van der Waals surface area contributed by atoms with E-state index in [1.165, 1.54) is 22.4 Å². The third-order valence-corrected chi connectivity index (χ3v) is 3.61. The first-order valence-corrected chi connectivity index (χ1v) is 7.32. The second-order valence-corrected chi connectivity index (χ2v) is 6.03. The molecule has 0 saturated carbocycles. The SMILES string of the molecule is CC(C)c1ccc(NCc2cnn(C)c2)c(C(C)C)c1. The van der Waals surface area contributed by atoms with E-state index in [1.807, 2.05) is 24.1 Å². The molecule has 20 heavy (non-hydrogen) atoms. The Morgan fingerprint density at radius 1 is 1.15 bits per heavy atom. The molecule has 0 spiro atoms. The van der Waals surface area contributed by atoms with Gasteiger partial charge < -0.3 is 5.32 Å². The lowest BCUT2D eigenvalue weighted by molar-refractivity contribution is 0.767. The summed E-state index contributed by atoms with van der Waals surface area (Å²) in [4.78, 5) is 0. The monoisotopic (exact) mass is 271 g/mol. The molecule has 0 unspecified atom stereocenters. The fourth-order valence-electron chi connectivity index (χ4n) is 2.34. The van der Waals surface area contributed by atoms with Crippen molar-refractivity contribution in [3.63, 3.8) is 0 Å². The molecule has 0 amide bonds. The van der Waals surface area contributed by atoms with E-state index < -0.39 is 0 Å². The quantitative estimate of drug-likeness (QED) is 0.879. The van der Waals surface area contributed by atoms with Gasteiger partial charge in [-0.25, -0.2) is 0 Å². The molecule has 2 aromatic rings. The van der Waals surface area contributed by atoms with E-state index in [4.69, 9.17) is 0 Å². The molecular formula is C17H25N3. The molecule has 0 aliphatic heterocycles. The fourth-order valence-corrected chi connectivity index (χ4v) is 2.34. The Hall–Kier alpha value is -1.77. The van der Waals surface area contributed by atoms with Crippen molar-refractivity contribution in [2.45, 2.75) is 46.1 Å². The van der Waals surface area contributed by atoms with Crippen LogP contribution in [0.1, 0.15) is 56.2 Å². The van der Waals surface area contributed by atoms with Crippen LogP contribution in [0.5, 0.6) is 0 Å². The summed E-state index contributed by atoms with van der Waals surface area (Å²) in [5, 5.41) is 7.74. The van der Waals surface area contributed by atoms with E-state index in [0.29, 0.717) is 11.8 Å². The van der Waals surface area contributed by atoms with Crippen molar-refractivity contribution in [2.24, 2.45) is 7.05 Å². The minimum absolute atomic E-state index is 0.519. The van der Waals surface area contributed by atoms with Crippen LogP contribution in [0.2, 0.25) is 0 Å². The Kier molecular flexibility index (Phi) is 4.48. The average Bonchev–Trinajstić information content (AvgIpc) is 2.81. The van der Waals surface area contributed by atoms with E-state index in [2.05, 4.69) is 56.3 Å². The predicted molar refractivity (Wildman–Crippen MR) is 85.2 cm³/mol. The first-order valence-electron chi connectivity index (χ1n) is 7.32. The maximum absolute atomic E-state index is 4.20. The van der Waals surface area contributed by atoms with Crippen molar-refractivity contribution in [3.05, 3.63) is 47.3 Å². The van der Waals surface area contributed by atoms with Gasteiger partial charge in [0.05, 0.1) is 6.20 Å². The molecule has 0 bridgehead atoms. The third-order valence-electron chi connectivity index (χ3n) is 3.61. The van der Waals surface area contributed by atoms with Crippen molar-refractivity contribution in [2.75, 3.05) is 5.32 Å². The molecule has 1 heterocycles. The van der Waals surface area contributed by atoms with E-state index >= 15 is 0 Å². The highest BCUT2D eigenvalue weighted by atomic mass is 15.2. The minimum Gasteiger partial charge on any atom is -0.381 e. The van der Waals surface area contributed by atoms with Crippen LogP contribution in [-0.4, -0.2) is 9.78 Å². The van der Waals surface area contributed by atoms with Gasteiger partial charge in [-0.2, -0.15) is 5.10 Å². The van der Waals surface area contributed by atoms with E-state index in [1.54, 1.807) is 0 Å². The number of hydrogen-bond donors (Lipinski definition) is 1. The normalized spacial score (nSPS) is 11.3. The molecule has 3 nitrogen and oxygen atoms in total. The molecule has 1 aromatic carbocycles. The van der Waals surface area contributed by atoms with Gasteiger partial charge in [0.25, 0.3) is 0 Å². The van der Waals surface area contributed by atoms with Crippen molar-refractivity contribution in [1.82, 2.24) is 9.78 Å². The number of aromatic nitrogens is 2. The third kappa shape index (κ3) is 3.41. The summed E-state index contributed by atoms with van der Waals surface area (Å²) < 4.78 is 1.84. The van der Waals surface area contributed by atoms with E-state index in [9.17, 15) is 0 Å². The molecule has 0 radical (unpaired) electrons. The van der Waals surface area contributed by atoms with Crippen LogP contribution in [0.3, 0.4) is 0 Å². The van der Waals surface area contributed by atoms with Crippen LogP contribution < -0.4 is 5.32 Å². The van der Waals surface area contributed by atoms with Crippen LogP contribution in [-0.2, 0) is 13.6 Å². The van der Waals surface area contributed by atoms with E-state index in [0.717, 1.165) is 6.54 Å². The largest absolute Gasteiger partial charge is 0.381 e. The van der Waals surface area contributed by atoms with Gasteiger partial charge in [0.1, 0.15) is 0 Å². The van der Waals surface area contributed by atoms with Crippen LogP contribution in [0.15, 0.2) is 30.6 Å². The van der Waals surface area contributed by atoms with Crippen molar-refractivity contribution in [3.8, 4) is 0 Å². The number of rotatable bonds is 5. The molecule has 0 aliphatic rings. The van der Waals surface area contributed by atoms with Gasteiger partial charge in [0.2, 0.25) is 0 Å². The minimum atomic E-state index is 0.519. The average molecular weight is 271 g/mol. The Balaban J connectivity index is 2.18. The first kappa shape index (κ1) is 14.6. The molecule has 0 aliphatic carbocycles. The zero-order valence-electron chi connectivity index (χ0n) is 13.1. The number of aryl methyl sites for hydroxylation is 1. The molecule has 0 fully saturated rings. The second kappa shape index (κ2) is 6.12. The molecule has 0 saturated heterocycles. The van der Waals surface area contributed by atoms with Crippen LogP contribution in [0.4, 0.5) is 5.69 Å². The van der Waals surface area contributed by atoms with Crippen molar-refractivity contribution >= 4 is 5.69 Å². The van der Waals surface area contributed by atoms with Gasteiger partial charge in [-0.05, 0) is 29.0 Å². The summed E-state index contributed by atoms with van der Waals surface area (Å²) in [7, 11) is 1.94. The Morgan fingerprint density at radius 2 is 1.90 bits per heavy atom. The smallest absolute Gasteiger partial charge is 0.0539 e. The van der Waals surface area contributed by atoms with Gasteiger partial charge in [-0.15, -0.1) is 0 Å². The molecule has 3 heteroatoms. The number of hydrogen-bond acceptors (Lipinski definition) is 2. The number of nitrogens with one attached hydrogen (secondary N) is 1. The van der Waals surface area contributed by atoms with Gasteiger partial charge in [-0.1, -0.05) is 39.8 Å². The highest BCUT2D eigenvalue weighted by Crippen LogP contribution is 2.28. The standard InChI is InChI=1S/C17H25N3/c1-12(2)15-6-7-17(16(8-15)13(3)4)18-9-14-10-19-20(5)11-14/h6-8,10-13,18H,9H2,1-5H3. The van der Waals surface area contributed by atoms with Crippen molar-refractivity contribution in [1.29, 1.82) is 0 Å². The lowest BCUT2D eigenvalue weighted by atomic mass is 9.94. The Morgan fingerprint density at radius 3 is 2.45 bits per heavy atom. The summed E-state index contributed by atoms with van der Waals surface area (Å²) in [6.07, 6.45) is 3.95. The topological polar surface area (TPSA) is 29.9 Å². The summed E-state index contributed by atoms with van der Waals surface area (Å²) >= 11 is 0. The zero-order valence-corrected chi connectivity index (χ0v) is 13.1. The maximum Gasteiger partial charge on any atom is 0.0539 e. The second-order valence-electron chi connectivity index (χ2n) is 6.03. The highest BCUT2D eigenvalue weighted by molar-refractivity contribution is 5.54. The predicted octanol–water partition coefficient (Wildman–Crippen LogP) is 4.28. The lowest BCUT2D eigenvalue weighted by Crippen LogP contribution is -2.04. The van der Waals surface area contributed by atoms with Gasteiger partial charge in [0, 0.05) is 31.0 Å². The first-order chi connectivity index (χ1) is 9.47. The van der Waals surface area contributed by atoms with Crippen LogP contribution in [0.25, 0.3) is 0 Å². The van der Waals surface area contributed by atoms with Crippen LogP contribution >= 0.6 is 0 Å². The van der Waals surface area contributed by atoms with Gasteiger partial charge in [0.15, 0.2) is 0 Å². The number of anilines is 1. The number of nitrogens with zero attached hydrogens (tertiary/aromatic N) is 2. The zero-order chi connectivity index (χ0) is 14.7. The molecule has 2 rings (SSSR count). The van der Waals surface area contributed by atoms with Gasteiger partial charge in [-0.3, -0.25) is 4.68 Å². The molecular weight excluding hydrogens is 246 g/mol. The van der Waals surface area contributed by atoms with Crippen molar-refractivity contribution < 1.29 is 0 Å². The summed E-state index contributed by atoms with van der Waals surface area (Å²) in [5.41, 5.74) is 5.23. The van der Waals surface area contributed by atoms with Crippen LogP contribution in [0, 0.1) is 0 Å². The molecule has 108 valence electrons. The molecule has 1 N–H and O–H groups in total. The number of benzene rings is 1. The Labute approximate surface area is 122 Å². The Bertz CT molecular complexity index is 567. The summed E-state index contributed by atoms with van der Waals surface area (Å²) in [6, 6.07) is 6.77. The molecule has 0 atom stereocenters. The molecule has 1 aromatic heterocycles.